The molecule has 0 radical (unpaired) electrons. The first-order valence-electron chi connectivity index (χ1n) is 4.61. The van der Waals surface area contributed by atoms with Crippen LogP contribution in [-0.2, 0) is 9.59 Å². The summed E-state index contributed by atoms with van der Waals surface area (Å²) in [6, 6.07) is -1.03. The van der Waals surface area contributed by atoms with Crippen LogP contribution in [0.3, 0.4) is 0 Å². The van der Waals surface area contributed by atoms with E-state index < -0.39 is 11.9 Å². The van der Waals surface area contributed by atoms with Gasteiger partial charge in [-0.3, -0.25) is 14.9 Å². The zero-order valence-corrected chi connectivity index (χ0v) is 8.23. The van der Waals surface area contributed by atoms with E-state index in [9.17, 15) is 14.4 Å². The molecular formula is C8H14N4O3. The maximum Gasteiger partial charge on any atom is 0.318 e. The molecule has 1 fully saturated rings. The predicted octanol–water partition coefficient (Wildman–Crippen LogP) is -1.87. The van der Waals surface area contributed by atoms with Gasteiger partial charge in [0.15, 0.2) is 0 Å². The molecule has 0 aromatic rings. The van der Waals surface area contributed by atoms with Crippen LogP contribution < -0.4 is 16.8 Å². The monoisotopic (exact) mass is 214 g/mol. The molecule has 4 amide bonds. The Labute approximate surface area is 86.8 Å². The van der Waals surface area contributed by atoms with Gasteiger partial charge in [0.05, 0.1) is 0 Å². The number of urea groups is 1. The number of nitrogens with two attached hydrogens (primary N) is 2. The van der Waals surface area contributed by atoms with Crippen LogP contribution in [0.15, 0.2) is 0 Å². The Morgan fingerprint density at radius 3 is 2.80 bits per heavy atom. The molecule has 0 aromatic heterocycles. The lowest BCUT2D eigenvalue weighted by Gasteiger charge is -2.29. The molecule has 15 heavy (non-hydrogen) atoms. The van der Waals surface area contributed by atoms with Crippen molar-refractivity contribution >= 4 is 17.8 Å². The van der Waals surface area contributed by atoms with Crippen molar-refractivity contribution in [3.05, 3.63) is 0 Å². The summed E-state index contributed by atoms with van der Waals surface area (Å²) in [5, 5.41) is 1.89. The van der Waals surface area contributed by atoms with E-state index in [-0.39, 0.29) is 18.5 Å². The number of rotatable bonds is 2. The van der Waals surface area contributed by atoms with Crippen LogP contribution in [0.1, 0.15) is 12.8 Å². The van der Waals surface area contributed by atoms with Crippen LogP contribution in [0.25, 0.3) is 0 Å². The lowest BCUT2D eigenvalue weighted by atomic mass is 10.1. The van der Waals surface area contributed by atoms with Gasteiger partial charge in [-0.15, -0.1) is 0 Å². The van der Waals surface area contributed by atoms with Gasteiger partial charge in [0.1, 0.15) is 6.54 Å². The van der Waals surface area contributed by atoms with Crippen LogP contribution in [0.4, 0.5) is 4.79 Å². The van der Waals surface area contributed by atoms with Crippen molar-refractivity contribution in [2.45, 2.75) is 18.9 Å². The van der Waals surface area contributed by atoms with Gasteiger partial charge >= 0.3 is 6.03 Å². The van der Waals surface area contributed by atoms with Crippen molar-refractivity contribution in [3.63, 3.8) is 0 Å². The van der Waals surface area contributed by atoms with Crippen LogP contribution in [0.2, 0.25) is 0 Å². The average Bonchev–Trinajstić information content (AvgIpc) is 2.10. The molecule has 7 nitrogen and oxygen atoms in total. The Hall–Kier alpha value is -1.63. The minimum absolute atomic E-state index is 0.107. The smallest absolute Gasteiger partial charge is 0.318 e. The molecule has 0 spiro atoms. The summed E-state index contributed by atoms with van der Waals surface area (Å²) in [7, 11) is 0. The van der Waals surface area contributed by atoms with Gasteiger partial charge < -0.3 is 16.4 Å². The third-order valence-electron chi connectivity index (χ3n) is 2.13. The number of primary amides is 1. The Morgan fingerprint density at radius 1 is 1.53 bits per heavy atom. The average molecular weight is 214 g/mol. The van der Waals surface area contributed by atoms with E-state index >= 15 is 0 Å². The maximum absolute atomic E-state index is 11.3. The van der Waals surface area contributed by atoms with Crippen molar-refractivity contribution in [2.24, 2.45) is 11.5 Å². The van der Waals surface area contributed by atoms with Gasteiger partial charge in [0.2, 0.25) is 11.8 Å². The van der Waals surface area contributed by atoms with Crippen LogP contribution in [0.5, 0.6) is 0 Å². The summed E-state index contributed by atoms with van der Waals surface area (Å²) in [6.07, 6.45) is 0.970. The fourth-order valence-corrected chi connectivity index (χ4v) is 1.45. The lowest BCUT2D eigenvalue weighted by Crippen LogP contribution is -2.50. The summed E-state index contributed by atoms with van der Waals surface area (Å²) in [4.78, 5) is 34.1. The second kappa shape index (κ2) is 4.74. The van der Waals surface area contributed by atoms with Crippen molar-refractivity contribution in [1.82, 2.24) is 10.2 Å². The van der Waals surface area contributed by atoms with Crippen molar-refractivity contribution in [3.8, 4) is 0 Å². The minimum atomic E-state index is -0.922. The fraction of sp³-hybridized carbons (Fsp3) is 0.625. The number of nitrogens with one attached hydrogen (secondary N) is 1. The van der Waals surface area contributed by atoms with Gasteiger partial charge in [0, 0.05) is 19.0 Å². The normalized spacial score (nSPS) is 21.3. The summed E-state index contributed by atoms with van der Waals surface area (Å²) >= 11 is 0. The summed E-state index contributed by atoms with van der Waals surface area (Å²) in [5.41, 5.74) is 10.4. The van der Waals surface area contributed by atoms with E-state index in [0.717, 1.165) is 0 Å². The zero-order chi connectivity index (χ0) is 11.4. The Morgan fingerprint density at radius 2 is 2.20 bits per heavy atom. The quantitative estimate of drug-likeness (QED) is 0.499. The van der Waals surface area contributed by atoms with Crippen LogP contribution >= 0.6 is 0 Å². The van der Waals surface area contributed by atoms with E-state index in [1.807, 2.05) is 5.32 Å². The molecule has 1 atom stereocenters. The molecular weight excluding hydrogens is 200 g/mol. The van der Waals surface area contributed by atoms with Crippen LogP contribution in [-0.4, -0.2) is 41.9 Å². The summed E-state index contributed by atoms with van der Waals surface area (Å²) in [5.74, 6) is -0.721. The molecule has 1 aliphatic rings. The molecule has 1 unspecified atom stereocenters. The van der Waals surface area contributed by atoms with Gasteiger partial charge in [-0.05, 0) is 6.42 Å². The molecule has 1 rings (SSSR count). The Balaban J connectivity index is 2.45. The number of hydrogen-bond donors (Lipinski definition) is 3. The summed E-state index contributed by atoms with van der Waals surface area (Å²) < 4.78 is 0. The predicted molar refractivity (Wildman–Crippen MR) is 51.5 cm³/mol. The fourth-order valence-electron chi connectivity index (χ4n) is 1.45. The first-order valence-corrected chi connectivity index (χ1v) is 4.61. The molecule has 1 saturated heterocycles. The van der Waals surface area contributed by atoms with E-state index in [0.29, 0.717) is 19.4 Å². The van der Waals surface area contributed by atoms with Gasteiger partial charge in [-0.25, -0.2) is 4.79 Å². The molecule has 84 valence electrons. The maximum atomic E-state index is 11.3. The second-order valence-corrected chi connectivity index (χ2v) is 3.49. The molecule has 0 aromatic carbocycles. The first kappa shape index (κ1) is 11.4. The third-order valence-corrected chi connectivity index (χ3v) is 2.13. The minimum Gasteiger partial charge on any atom is -0.351 e. The van der Waals surface area contributed by atoms with Crippen molar-refractivity contribution in [2.75, 3.05) is 13.1 Å². The second-order valence-electron chi connectivity index (χ2n) is 3.49. The number of nitrogens with zero attached hydrogens (tertiary/aromatic N) is 1. The molecule has 5 N–H and O–H groups in total. The largest absolute Gasteiger partial charge is 0.351 e. The third kappa shape index (κ3) is 3.55. The highest BCUT2D eigenvalue weighted by Gasteiger charge is 2.25. The van der Waals surface area contributed by atoms with Gasteiger partial charge in [-0.1, -0.05) is 0 Å². The molecule has 0 bridgehead atoms. The molecule has 0 aliphatic carbocycles. The van der Waals surface area contributed by atoms with E-state index in [2.05, 4.69) is 0 Å². The van der Waals surface area contributed by atoms with Crippen LogP contribution in [0, 0.1) is 0 Å². The lowest BCUT2D eigenvalue weighted by molar-refractivity contribution is -0.137. The van der Waals surface area contributed by atoms with E-state index in [1.165, 1.54) is 4.90 Å². The molecule has 1 heterocycles. The van der Waals surface area contributed by atoms with Gasteiger partial charge in [0.25, 0.3) is 0 Å². The molecule has 7 heteroatoms. The number of likely N-dealkylation sites (tertiary alicyclic amines) is 1. The van der Waals surface area contributed by atoms with E-state index in [1.54, 1.807) is 0 Å². The molecule has 0 saturated carbocycles. The Bertz CT molecular complexity index is 292. The highest BCUT2D eigenvalue weighted by atomic mass is 16.2. The topological polar surface area (TPSA) is 119 Å². The Kier molecular flexibility index (Phi) is 3.62. The van der Waals surface area contributed by atoms with Crippen molar-refractivity contribution < 1.29 is 14.4 Å². The van der Waals surface area contributed by atoms with Crippen molar-refractivity contribution in [1.29, 1.82) is 0 Å². The number of hydrogen-bond acceptors (Lipinski definition) is 4. The summed E-state index contributed by atoms with van der Waals surface area (Å²) in [6.45, 7) is 0.167. The highest BCUT2D eigenvalue weighted by molar-refractivity contribution is 5.96. The van der Waals surface area contributed by atoms with Gasteiger partial charge in [-0.2, -0.15) is 0 Å². The van der Waals surface area contributed by atoms with E-state index in [4.69, 9.17) is 11.5 Å². The number of carbonyl (C=O) groups excluding carboxylic acids is 3. The number of piperidine rings is 1. The SMILES string of the molecule is NC(=O)NC(=O)CN1CC(N)CCC1=O. The molecule has 1 aliphatic heterocycles. The number of amides is 4. The first-order chi connectivity index (χ1) is 6.99. The number of carbonyl (C=O) groups is 3. The number of imide groups is 1. The highest BCUT2D eigenvalue weighted by Crippen LogP contribution is 2.08. The standard InChI is InChI=1S/C8H14N4O3/c9-5-1-2-7(14)12(3-5)4-6(13)11-8(10)15/h5H,1-4,9H2,(H3,10,11,13,15). The zero-order valence-electron chi connectivity index (χ0n) is 8.23.